The summed E-state index contributed by atoms with van der Waals surface area (Å²) in [6.45, 7) is 4.08. The lowest BCUT2D eigenvalue weighted by atomic mass is 10.1. The highest BCUT2D eigenvalue weighted by Crippen LogP contribution is 2.06. The van der Waals surface area contributed by atoms with Crippen molar-refractivity contribution in [2.45, 2.75) is 25.9 Å². The molecule has 0 atom stereocenters. The highest BCUT2D eigenvalue weighted by Gasteiger charge is 2.23. The minimum Gasteiger partial charge on any atom is -0.368 e. The Morgan fingerprint density at radius 2 is 2.46 bits per heavy atom. The molecule has 5 heteroatoms. The Balaban J connectivity index is 2.47. The molecule has 3 N–H and O–H groups in total. The van der Waals surface area contributed by atoms with Gasteiger partial charge in [0.1, 0.15) is 5.01 Å². The molecule has 13 heavy (non-hydrogen) atoms. The van der Waals surface area contributed by atoms with E-state index in [9.17, 15) is 4.79 Å². The van der Waals surface area contributed by atoms with E-state index in [1.54, 1.807) is 31.4 Å². The van der Waals surface area contributed by atoms with Gasteiger partial charge in [-0.25, -0.2) is 4.98 Å². The van der Waals surface area contributed by atoms with Gasteiger partial charge in [-0.3, -0.25) is 10.1 Å². The Morgan fingerprint density at radius 3 is 2.92 bits per heavy atom. The summed E-state index contributed by atoms with van der Waals surface area (Å²) in [5.74, 6) is -0.357. The molecule has 1 aromatic heterocycles. The molecule has 1 rings (SSSR count). The van der Waals surface area contributed by atoms with Crippen molar-refractivity contribution >= 4 is 17.2 Å². The second-order valence-corrected chi connectivity index (χ2v) is 4.25. The number of nitrogens with one attached hydrogen (secondary N) is 1. The predicted molar refractivity (Wildman–Crippen MR) is 52.2 cm³/mol. The fourth-order valence-electron chi connectivity index (χ4n) is 0.724. The molecule has 1 amide bonds. The maximum absolute atomic E-state index is 10.9. The number of rotatable bonds is 4. The van der Waals surface area contributed by atoms with E-state index in [1.165, 1.54) is 0 Å². The Labute approximate surface area is 81.2 Å². The summed E-state index contributed by atoms with van der Waals surface area (Å²) in [5, 5.41) is 5.88. The van der Waals surface area contributed by atoms with Gasteiger partial charge in [0.25, 0.3) is 0 Å². The van der Waals surface area contributed by atoms with Gasteiger partial charge in [0.2, 0.25) is 5.91 Å². The van der Waals surface area contributed by atoms with E-state index in [0.717, 1.165) is 5.01 Å². The van der Waals surface area contributed by atoms with Crippen LogP contribution in [0.3, 0.4) is 0 Å². The second-order valence-electron chi connectivity index (χ2n) is 3.27. The van der Waals surface area contributed by atoms with Crippen LogP contribution in [0.4, 0.5) is 0 Å². The van der Waals surface area contributed by atoms with Crippen molar-refractivity contribution in [3.8, 4) is 0 Å². The smallest absolute Gasteiger partial charge is 0.237 e. The lowest BCUT2D eigenvalue weighted by Gasteiger charge is -2.21. The first kappa shape index (κ1) is 10.1. The third-order valence-electron chi connectivity index (χ3n) is 1.78. The highest BCUT2D eigenvalue weighted by atomic mass is 32.1. The zero-order valence-corrected chi connectivity index (χ0v) is 8.52. The molecule has 0 aliphatic heterocycles. The van der Waals surface area contributed by atoms with Gasteiger partial charge < -0.3 is 5.73 Å². The van der Waals surface area contributed by atoms with Gasteiger partial charge in [0, 0.05) is 18.1 Å². The molecule has 0 spiro atoms. The molecular weight excluding hydrogens is 186 g/mol. The van der Waals surface area contributed by atoms with Crippen LogP contribution in [0.1, 0.15) is 18.9 Å². The number of primary amides is 1. The molecule has 0 bridgehead atoms. The summed E-state index contributed by atoms with van der Waals surface area (Å²) in [5.41, 5.74) is 4.52. The van der Waals surface area contributed by atoms with Gasteiger partial charge in [-0.15, -0.1) is 11.3 Å². The summed E-state index contributed by atoms with van der Waals surface area (Å²) in [6, 6.07) is 0. The third kappa shape index (κ3) is 2.78. The Hall–Kier alpha value is -0.940. The van der Waals surface area contributed by atoms with Crippen LogP contribution in [-0.2, 0) is 11.3 Å². The highest BCUT2D eigenvalue weighted by molar-refractivity contribution is 7.09. The average Bonchev–Trinajstić information content (AvgIpc) is 2.52. The van der Waals surface area contributed by atoms with Crippen LogP contribution < -0.4 is 11.1 Å². The number of nitrogens with zero attached hydrogens (tertiary/aromatic N) is 1. The van der Waals surface area contributed by atoms with Crippen LogP contribution in [0.2, 0.25) is 0 Å². The number of amides is 1. The number of hydrogen-bond acceptors (Lipinski definition) is 4. The van der Waals surface area contributed by atoms with Gasteiger partial charge in [-0.1, -0.05) is 0 Å². The fourth-order valence-corrected chi connectivity index (χ4v) is 1.28. The molecular formula is C8H13N3OS. The number of thiazole rings is 1. The molecule has 1 heterocycles. The van der Waals surface area contributed by atoms with Crippen molar-refractivity contribution in [3.63, 3.8) is 0 Å². The molecule has 0 fully saturated rings. The van der Waals surface area contributed by atoms with Crippen LogP contribution in [0.5, 0.6) is 0 Å². The minimum absolute atomic E-state index is 0.357. The first-order valence-electron chi connectivity index (χ1n) is 3.95. The van der Waals surface area contributed by atoms with Crippen molar-refractivity contribution < 1.29 is 4.79 Å². The second kappa shape index (κ2) is 3.85. The monoisotopic (exact) mass is 199 g/mol. The Kier molecular flexibility index (Phi) is 3.00. The molecule has 0 aliphatic rings. The third-order valence-corrected chi connectivity index (χ3v) is 2.56. The largest absolute Gasteiger partial charge is 0.368 e. The number of hydrogen-bond donors (Lipinski definition) is 2. The molecule has 0 aromatic carbocycles. The topological polar surface area (TPSA) is 68.0 Å². The molecule has 0 aliphatic carbocycles. The number of carbonyl (C=O) groups excluding carboxylic acids is 1. The van der Waals surface area contributed by atoms with E-state index in [4.69, 9.17) is 5.73 Å². The molecule has 4 nitrogen and oxygen atoms in total. The van der Waals surface area contributed by atoms with Crippen molar-refractivity contribution in [1.29, 1.82) is 0 Å². The van der Waals surface area contributed by atoms with Crippen LogP contribution >= 0.6 is 11.3 Å². The van der Waals surface area contributed by atoms with Crippen molar-refractivity contribution in [2.24, 2.45) is 5.73 Å². The van der Waals surface area contributed by atoms with Gasteiger partial charge in [0.05, 0.1) is 5.54 Å². The van der Waals surface area contributed by atoms with Gasteiger partial charge in [-0.05, 0) is 13.8 Å². The summed E-state index contributed by atoms with van der Waals surface area (Å²) in [4.78, 5) is 15.0. The zero-order chi connectivity index (χ0) is 9.90. The lowest BCUT2D eigenvalue weighted by molar-refractivity contribution is -0.123. The van der Waals surface area contributed by atoms with E-state index in [0.29, 0.717) is 6.54 Å². The summed E-state index contributed by atoms with van der Waals surface area (Å²) >= 11 is 1.55. The number of nitrogens with two attached hydrogens (primary N) is 1. The Morgan fingerprint density at radius 1 is 1.77 bits per heavy atom. The number of aromatic nitrogens is 1. The van der Waals surface area contributed by atoms with E-state index >= 15 is 0 Å². The number of carbonyl (C=O) groups is 1. The van der Waals surface area contributed by atoms with Gasteiger partial charge >= 0.3 is 0 Å². The van der Waals surface area contributed by atoms with Crippen molar-refractivity contribution in [3.05, 3.63) is 16.6 Å². The summed E-state index contributed by atoms with van der Waals surface area (Å²) in [6.07, 6.45) is 1.74. The zero-order valence-electron chi connectivity index (χ0n) is 7.70. The summed E-state index contributed by atoms with van der Waals surface area (Å²) in [7, 11) is 0. The summed E-state index contributed by atoms with van der Waals surface area (Å²) < 4.78 is 0. The SMILES string of the molecule is CC(C)(NCc1nccs1)C(N)=O. The quantitative estimate of drug-likeness (QED) is 0.742. The molecule has 0 unspecified atom stereocenters. The lowest BCUT2D eigenvalue weighted by Crippen LogP contribution is -2.50. The van der Waals surface area contributed by atoms with Crippen LogP contribution in [0.15, 0.2) is 11.6 Å². The maximum Gasteiger partial charge on any atom is 0.237 e. The normalized spacial score (nSPS) is 11.5. The minimum atomic E-state index is -0.675. The van der Waals surface area contributed by atoms with E-state index in [-0.39, 0.29) is 5.91 Å². The predicted octanol–water partition coefficient (Wildman–Crippen LogP) is 0.497. The van der Waals surface area contributed by atoms with Crippen LogP contribution in [-0.4, -0.2) is 16.4 Å². The molecule has 0 saturated heterocycles. The van der Waals surface area contributed by atoms with Gasteiger partial charge in [-0.2, -0.15) is 0 Å². The Bertz CT molecular complexity index is 282. The first-order chi connectivity index (χ1) is 6.02. The van der Waals surface area contributed by atoms with Crippen molar-refractivity contribution in [2.75, 3.05) is 0 Å². The van der Waals surface area contributed by atoms with Crippen LogP contribution in [0, 0.1) is 0 Å². The maximum atomic E-state index is 10.9. The first-order valence-corrected chi connectivity index (χ1v) is 4.83. The van der Waals surface area contributed by atoms with Gasteiger partial charge in [0.15, 0.2) is 0 Å². The molecule has 0 saturated carbocycles. The average molecular weight is 199 g/mol. The van der Waals surface area contributed by atoms with Crippen molar-refractivity contribution in [1.82, 2.24) is 10.3 Å². The van der Waals surface area contributed by atoms with E-state index < -0.39 is 5.54 Å². The van der Waals surface area contributed by atoms with E-state index in [1.807, 2.05) is 5.38 Å². The van der Waals surface area contributed by atoms with E-state index in [2.05, 4.69) is 10.3 Å². The fraction of sp³-hybridized carbons (Fsp3) is 0.500. The molecule has 0 radical (unpaired) electrons. The standard InChI is InChI=1S/C8H13N3OS/c1-8(2,7(9)12)11-5-6-10-3-4-13-6/h3-4,11H,5H2,1-2H3,(H2,9,12). The molecule has 1 aromatic rings. The molecule has 72 valence electrons. The van der Waals surface area contributed by atoms with Crippen LogP contribution in [0.25, 0.3) is 0 Å².